The Balaban J connectivity index is 1.65. The molecule has 104 valence electrons. The number of carbonyl (C=O) groups excluding carboxylic acids is 1. The van der Waals surface area contributed by atoms with Crippen molar-refractivity contribution in [2.75, 3.05) is 19.6 Å². The normalized spacial score (nSPS) is 24.1. The molecule has 2 aliphatic rings. The number of hydrogen-bond donors (Lipinski definition) is 2. The highest BCUT2D eigenvalue weighted by atomic mass is 16.2. The standard InChI is InChI=1S/C14H27N3O/c15-16-13(18)5-4-10-17-11-8-14(9-12-17)6-2-1-3-7-14/h1-12,15H2,(H,16,18). The fraction of sp³-hybridized carbons (Fsp3) is 0.929. The molecule has 4 nitrogen and oxygen atoms in total. The minimum Gasteiger partial charge on any atom is -0.303 e. The summed E-state index contributed by atoms with van der Waals surface area (Å²) in [7, 11) is 0. The molecule has 1 amide bonds. The van der Waals surface area contributed by atoms with Gasteiger partial charge in [0.2, 0.25) is 5.91 Å². The average molecular weight is 253 g/mol. The molecule has 1 spiro atoms. The Bertz CT molecular complexity index is 264. The van der Waals surface area contributed by atoms with Crippen LogP contribution in [0.3, 0.4) is 0 Å². The number of carbonyl (C=O) groups is 1. The number of nitrogens with two attached hydrogens (primary N) is 1. The van der Waals surface area contributed by atoms with Crippen LogP contribution in [0.25, 0.3) is 0 Å². The van der Waals surface area contributed by atoms with Crippen LogP contribution >= 0.6 is 0 Å². The van der Waals surface area contributed by atoms with E-state index in [4.69, 9.17) is 5.84 Å². The molecule has 0 aromatic rings. The topological polar surface area (TPSA) is 58.4 Å². The molecule has 4 heteroatoms. The number of hydrazine groups is 1. The van der Waals surface area contributed by atoms with Crippen LogP contribution in [-0.4, -0.2) is 30.4 Å². The highest BCUT2D eigenvalue weighted by molar-refractivity contribution is 5.75. The summed E-state index contributed by atoms with van der Waals surface area (Å²) in [5.41, 5.74) is 2.88. The van der Waals surface area contributed by atoms with Gasteiger partial charge in [0.1, 0.15) is 0 Å². The summed E-state index contributed by atoms with van der Waals surface area (Å²) in [4.78, 5) is 13.6. The molecule has 0 unspecified atom stereocenters. The van der Waals surface area contributed by atoms with Gasteiger partial charge in [-0.15, -0.1) is 0 Å². The Morgan fingerprint density at radius 2 is 1.78 bits per heavy atom. The minimum atomic E-state index is -0.0456. The zero-order chi connectivity index (χ0) is 12.8. The quantitative estimate of drug-likeness (QED) is 0.456. The second kappa shape index (κ2) is 6.53. The van der Waals surface area contributed by atoms with Crippen LogP contribution in [0.1, 0.15) is 57.8 Å². The molecule has 18 heavy (non-hydrogen) atoms. The van der Waals surface area contributed by atoms with Gasteiger partial charge in [-0.05, 0) is 57.2 Å². The largest absolute Gasteiger partial charge is 0.303 e. The highest BCUT2D eigenvalue weighted by Crippen LogP contribution is 2.44. The third kappa shape index (κ3) is 3.69. The average Bonchev–Trinajstić information content (AvgIpc) is 2.42. The zero-order valence-corrected chi connectivity index (χ0v) is 11.4. The molecule has 0 atom stereocenters. The summed E-state index contributed by atoms with van der Waals surface area (Å²) in [6.45, 7) is 3.50. The maximum absolute atomic E-state index is 11.0. The van der Waals surface area contributed by atoms with Crippen LogP contribution in [0.4, 0.5) is 0 Å². The summed E-state index contributed by atoms with van der Waals surface area (Å²) < 4.78 is 0. The van der Waals surface area contributed by atoms with Crippen molar-refractivity contribution in [1.29, 1.82) is 0 Å². The smallest absolute Gasteiger partial charge is 0.233 e. The lowest BCUT2D eigenvalue weighted by Gasteiger charge is -2.44. The third-order valence-corrected chi connectivity index (χ3v) is 4.87. The minimum absolute atomic E-state index is 0.0456. The molecule has 1 saturated heterocycles. The molecule has 0 aromatic carbocycles. The van der Waals surface area contributed by atoms with Gasteiger partial charge in [-0.1, -0.05) is 19.3 Å². The predicted octanol–water partition coefficient (Wildman–Crippen LogP) is 1.80. The molecule has 2 rings (SSSR count). The Kier molecular flexibility index (Phi) is 5.01. The zero-order valence-electron chi connectivity index (χ0n) is 11.4. The SMILES string of the molecule is NNC(=O)CCCN1CCC2(CCCCC2)CC1. The fourth-order valence-electron chi connectivity index (χ4n) is 3.59. The Labute approximate surface area is 110 Å². The first-order valence-corrected chi connectivity index (χ1v) is 7.46. The van der Waals surface area contributed by atoms with Crippen molar-refractivity contribution in [2.24, 2.45) is 11.3 Å². The number of nitrogens with zero attached hydrogens (tertiary/aromatic N) is 1. The van der Waals surface area contributed by atoms with Crippen LogP contribution < -0.4 is 11.3 Å². The molecular weight excluding hydrogens is 226 g/mol. The molecule has 1 aliphatic heterocycles. The first-order chi connectivity index (χ1) is 8.74. The van der Waals surface area contributed by atoms with Crippen LogP contribution in [-0.2, 0) is 4.79 Å². The number of amides is 1. The number of nitrogens with one attached hydrogen (secondary N) is 1. The van der Waals surface area contributed by atoms with Gasteiger partial charge >= 0.3 is 0 Å². The van der Waals surface area contributed by atoms with Crippen molar-refractivity contribution >= 4 is 5.91 Å². The van der Waals surface area contributed by atoms with E-state index in [9.17, 15) is 4.79 Å². The van der Waals surface area contributed by atoms with E-state index in [2.05, 4.69) is 10.3 Å². The van der Waals surface area contributed by atoms with Crippen LogP contribution in [0.2, 0.25) is 0 Å². The lowest BCUT2D eigenvalue weighted by molar-refractivity contribution is -0.121. The summed E-state index contributed by atoms with van der Waals surface area (Å²) >= 11 is 0. The van der Waals surface area contributed by atoms with Gasteiger partial charge in [0.25, 0.3) is 0 Å². The maximum atomic E-state index is 11.0. The van der Waals surface area contributed by atoms with E-state index in [1.54, 1.807) is 0 Å². The Hall–Kier alpha value is -0.610. The summed E-state index contributed by atoms with van der Waals surface area (Å²) in [5.74, 6) is 5.03. The monoisotopic (exact) mass is 253 g/mol. The molecule has 2 fully saturated rings. The van der Waals surface area contributed by atoms with Crippen molar-refractivity contribution in [2.45, 2.75) is 57.8 Å². The van der Waals surface area contributed by atoms with Gasteiger partial charge in [0.15, 0.2) is 0 Å². The number of likely N-dealkylation sites (tertiary alicyclic amines) is 1. The summed E-state index contributed by atoms with van der Waals surface area (Å²) in [6.07, 6.45) is 11.5. The Morgan fingerprint density at radius 1 is 1.11 bits per heavy atom. The van der Waals surface area contributed by atoms with E-state index in [0.29, 0.717) is 11.8 Å². The molecular formula is C14H27N3O. The molecule has 1 heterocycles. The fourth-order valence-corrected chi connectivity index (χ4v) is 3.59. The van der Waals surface area contributed by atoms with Gasteiger partial charge in [-0.25, -0.2) is 5.84 Å². The lowest BCUT2D eigenvalue weighted by atomic mass is 9.68. The van der Waals surface area contributed by atoms with Crippen molar-refractivity contribution in [3.8, 4) is 0 Å². The van der Waals surface area contributed by atoms with Gasteiger partial charge in [-0.2, -0.15) is 0 Å². The van der Waals surface area contributed by atoms with Crippen molar-refractivity contribution in [1.82, 2.24) is 10.3 Å². The van der Waals surface area contributed by atoms with Gasteiger partial charge in [-0.3, -0.25) is 10.2 Å². The summed E-state index contributed by atoms with van der Waals surface area (Å²) in [6, 6.07) is 0. The number of piperidine rings is 1. The van der Waals surface area contributed by atoms with E-state index in [0.717, 1.165) is 13.0 Å². The molecule has 1 aliphatic carbocycles. The van der Waals surface area contributed by atoms with Crippen molar-refractivity contribution in [3.05, 3.63) is 0 Å². The van der Waals surface area contributed by atoms with E-state index in [-0.39, 0.29) is 5.91 Å². The second-order valence-electron chi connectivity index (χ2n) is 6.07. The molecule has 3 N–H and O–H groups in total. The highest BCUT2D eigenvalue weighted by Gasteiger charge is 2.35. The Morgan fingerprint density at radius 3 is 2.39 bits per heavy atom. The summed E-state index contributed by atoms with van der Waals surface area (Å²) in [5, 5.41) is 0. The predicted molar refractivity (Wildman–Crippen MR) is 72.8 cm³/mol. The first kappa shape index (κ1) is 13.8. The second-order valence-corrected chi connectivity index (χ2v) is 6.07. The van der Waals surface area contributed by atoms with Gasteiger partial charge in [0, 0.05) is 6.42 Å². The molecule has 0 bridgehead atoms. The van der Waals surface area contributed by atoms with Crippen LogP contribution in [0.15, 0.2) is 0 Å². The van der Waals surface area contributed by atoms with E-state index < -0.39 is 0 Å². The molecule has 0 radical (unpaired) electrons. The number of rotatable bonds is 4. The van der Waals surface area contributed by atoms with Crippen LogP contribution in [0, 0.1) is 5.41 Å². The molecule has 1 saturated carbocycles. The van der Waals surface area contributed by atoms with E-state index in [1.165, 1.54) is 58.0 Å². The first-order valence-electron chi connectivity index (χ1n) is 7.46. The lowest BCUT2D eigenvalue weighted by Crippen LogP contribution is -2.41. The van der Waals surface area contributed by atoms with E-state index >= 15 is 0 Å². The molecule has 0 aromatic heterocycles. The van der Waals surface area contributed by atoms with Crippen molar-refractivity contribution in [3.63, 3.8) is 0 Å². The maximum Gasteiger partial charge on any atom is 0.233 e. The van der Waals surface area contributed by atoms with Gasteiger partial charge < -0.3 is 4.90 Å². The number of hydrogen-bond acceptors (Lipinski definition) is 3. The van der Waals surface area contributed by atoms with Crippen LogP contribution in [0.5, 0.6) is 0 Å². The third-order valence-electron chi connectivity index (χ3n) is 4.87. The van der Waals surface area contributed by atoms with Gasteiger partial charge in [0.05, 0.1) is 0 Å². The van der Waals surface area contributed by atoms with Crippen molar-refractivity contribution < 1.29 is 4.79 Å². The van der Waals surface area contributed by atoms with E-state index in [1.807, 2.05) is 0 Å².